The zero-order chi connectivity index (χ0) is 23.1. The molecule has 2 aromatic rings. The van der Waals surface area contributed by atoms with Crippen LogP contribution in [0.3, 0.4) is 0 Å². The lowest BCUT2D eigenvalue weighted by atomic mass is 10.0. The fourth-order valence-corrected chi connectivity index (χ4v) is 4.58. The van der Waals surface area contributed by atoms with E-state index in [0.29, 0.717) is 19.7 Å². The minimum absolute atomic E-state index is 0.0482. The number of fused-ring (bicyclic) bond motifs is 1. The molecule has 0 saturated carbocycles. The number of methoxy groups -OCH3 is 1. The molecule has 1 aromatic carbocycles. The maximum absolute atomic E-state index is 14.1. The molecule has 9 heteroatoms. The van der Waals surface area contributed by atoms with E-state index in [1.807, 2.05) is 25.3 Å². The Labute approximate surface area is 192 Å². The largest absolute Gasteiger partial charge is 0.488 e. The van der Waals surface area contributed by atoms with Crippen LogP contribution >= 0.6 is 11.3 Å². The Morgan fingerprint density at radius 3 is 2.81 bits per heavy atom. The van der Waals surface area contributed by atoms with Gasteiger partial charge in [-0.05, 0) is 49.4 Å². The third-order valence-corrected chi connectivity index (χ3v) is 6.24. The van der Waals surface area contributed by atoms with Gasteiger partial charge in [0.25, 0.3) is 0 Å². The van der Waals surface area contributed by atoms with Crippen LogP contribution in [0.25, 0.3) is 0 Å². The van der Waals surface area contributed by atoms with Crippen molar-refractivity contribution in [1.82, 2.24) is 15.1 Å². The summed E-state index contributed by atoms with van der Waals surface area (Å²) in [6.45, 7) is 4.94. The number of amides is 3. The van der Waals surface area contributed by atoms with Gasteiger partial charge in [-0.2, -0.15) is 0 Å². The average molecular weight is 464 g/mol. The molecule has 1 N–H and O–H groups in total. The minimum atomic E-state index is -0.442. The lowest BCUT2D eigenvalue weighted by Gasteiger charge is -2.37. The van der Waals surface area contributed by atoms with Gasteiger partial charge in [0.15, 0.2) is 11.6 Å². The molecule has 1 aromatic heterocycles. The number of hydrogen-bond acceptors (Lipinski definition) is 5. The molecule has 1 aliphatic rings. The smallest absolute Gasteiger partial charge is 0.318 e. The number of halogens is 1. The number of ether oxygens (including phenoxy) is 2. The first-order valence-corrected chi connectivity index (χ1v) is 11.6. The highest BCUT2D eigenvalue weighted by atomic mass is 32.1. The van der Waals surface area contributed by atoms with E-state index in [0.717, 1.165) is 12.0 Å². The molecule has 7 nitrogen and oxygen atoms in total. The van der Waals surface area contributed by atoms with Crippen molar-refractivity contribution in [1.29, 1.82) is 0 Å². The number of urea groups is 1. The number of nitrogens with one attached hydrogen (secondary N) is 1. The second kappa shape index (κ2) is 11.3. The summed E-state index contributed by atoms with van der Waals surface area (Å²) >= 11 is 1.65. The van der Waals surface area contributed by atoms with Gasteiger partial charge >= 0.3 is 6.03 Å². The number of nitrogens with zero attached hydrogens (tertiary/aromatic N) is 2. The van der Waals surface area contributed by atoms with E-state index >= 15 is 0 Å². The number of thiophene rings is 1. The number of benzene rings is 1. The summed E-state index contributed by atoms with van der Waals surface area (Å²) in [5, 5.41) is 4.83. The molecule has 0 radical (unpaired) electrons. The monoisotopic (exact) mass is 463 g/mol. The quantitative estimate of drug-likeness (QED) is 0.618. The van der Waals surface area contributed by atoms with Crippen LogP contribution in [0.1, 0.15) is 30.3 Å². The topological polar surface area (TPSA) is 71.1 Å². The third kappa shape index (κ3) is 5.98. The van der Waals surface area contributed by atoms with Crippen LogP contribution in [0.2, 0.25) is 0 Å². The summed E-state index contributed by atoms with van der Waals surface area (Å²) in [6, 6.07) is 7.51. The normalized spacial score (nSPS) is 15.4. The summed E-state index contributed by atoms with van der Waals surface area (Å²) in [4.78, 5) is 30.3. The number of carbonyl (C=O) groups excluding carboxylic acids is 2. The van der Waals surface area contributed by atoms with Gasteiger partial charge in [-0.1, -0.05) is 12.1 Å². The van der Waals surface area contributed by atoms with Gasteiger partial charge in [-0.15, -0.1) is 11.3 Å². The Hall–Kier alpha value is -2.65. The van der Waals surface area contributed by atoms with Gasteiger partial charge in [0.05, 0.1) is 12.6 Å². The number of hydrogen-bond donors (Lipinski definition) is 1. The summed E-state index contributed by atoms with van der Waals surface area (Å²) in [5.74, 6) is -0.470. The van der Waals surface area contributed by atoms with Gasteiger partial charge in [0.1, 0.15) is 13.2 Å². The van der Waals surface area contributed by atoms with E-state index in [9.17, 15) is 14.0 Å². The molecule has 3 amide bonds. The molecule has 2 heterocycles. The summed E-state index contributed by atoms with van der Waals surface area (Å²) in [6.07, 6.45) is 0.741. The predicted octanol–water partition coefficient (Wildman–Crippen LogP) is 3.46. The molecule has 1 atom stereocenters. The number of carbonyl (C=O) groups is 2. The Morgan fingerprint density at radius 2 is 2.09 bits per heavy atom. The van der Waals surface area contributed by atoms with Crippen LogP contribution in [0.15, 0.2) is 35.7 Å². The second-order valence-electron chi connectivity index (χ2n) is 7.91. The van der Waals surface area contributed by atoms with Crippen molar-refractivity contribution in [3.8, 4) is 5.75 Å². The van der Waals surface area contributed by atoms with Crippen molar-refractivity contribution < 1.29 is 23.5 Å². The molecule has 0 fully saturated rings. The lowest BCUT2D eigenvalue weighted by Crippen LogP contribution is -2.51. The molecule has 174 valence electrons. The Balaban J connectivity index is 1.76. The van der Waals surface area contributed by atoms with Gasteiger partial charge < -0.3 is 24.6 Å². The standard InChI is InChI=1S/C23H30FN3O4S/c1-16(2)25-23(29)26(11-12-30-3)14-22(28)27-10-8-21-17(9-13-32-21)19(27)15-31-20-7-5-4-6-18(20)24/h4-7,9,13,16,19H,8,10-12,14-15H2,1-3H3,(H,25,29). The van der Waals surface area contributed by atoms with Crippen LogP contribution in [-0.4, -0.2) is 67.7 Å². The lowest BCUT2D eigenvalue weighted by molar-refractivity contribution is -0.135. The van der Waals surface area contributed by atoms with Crippen molar-refractivity contribution in [2.45, 2.75) is 32.4 Å². The molecule has 0 saturated heterocycles. The van der Waals surface area contributed by atoms with E-state index in [2.05, 4.69) is 5.32 Å². The first-order chi connectivity index (χ1) is 15.4. The SMILES string of the molecule is COCCN(CC(=O)N1CCc2sccc2C1COc1ccccc1F)C(=O)NC(C)C. The van der Waals surface area contributed by atoms with Crippen LogP contribution < -0.4 is 10.1 Å². The fourth-order valence-electron chi connectivity index (χ4n) is 3.65. The first-order valence-electron chi connectivity index (χ1n) is 10.7. The molecule has 1 unspecified atom stereocenters. The van der Waals surface area contributed by atoms with E-state index < -0.39 is 5.82 Å². The van der Waals surface area contributed by atoms with E-state index in [4.69, 9.17) is 9.47 Å². The summed E-state index contributed by atoms with van der Waals surface area (Å²) in [7, 11) is 1.55. The van der Waals surface area contributed by atoms with Gasteiger partial charge in [0.2, 0.25) is 5.91 Å². The Kier molecular flexibility index (Phi) is 8.46. The Bertz CT molecular complexity index is 920. The summed E-state index contributed by atoms with van der Waals surface area (Å²) < 4.78 is 24.9. The summed E-state index contributed by atoms with van der Waals surface area (Å²) in [5.41, 5.74) is 1.01. The van der Waals surface area contributed by atoms with Gasteiger partial charge in [-0.3, -0.25) is 4.79 Å². The van der Waals surface area contributed by atoms with Crippen LogP contribution in [0.4, 0.5) is 9.18 Å². The van der Waals surface area contributed by atoms with E-state index in [-0.39, 0.29) is 42.9 Å². The fraction of sp³-hybridized carbons (Fsp3) is 0.478. The molecular formula is C23H30FN3O4S. The van der Waals surface area contributed by atoms with Crippen LogP contribution in [-0.2, 0) is 16.0 Å². The number of rotatable bonds is 9. The average Bonchev–Trinajstić information content (AvgIpc) is 3.24. The van der Waals surface area contributed by atoms with Crippen molar-refractivity contribution in [2.75, 3.05) is 40.0 Å². The van der Waals surface area contributed by atoms with Crippen molar-refractivity contribution in [3.63, 3.8) is 0 Å². The number of para-hydroxylation sites is 1. The third-order valence-electron chi connectivity index (χ3n) is 5.24. The van der Waals surface area contributed by atoms with Crippen molar-refractivity contribution in [3.05, 3.63) is 52.0 Å². The predicted molar refractivity (Wildman–Crippen MR) is 121 cm³/mol. The maximum Gasteiger partial charge on any atom is 0.318 e. The second-order valence-corrected chi connectivity index (χ2v) is 8.91. The molecule has 0 bridgehead atoms. The van der Waals surface area contributed by atoms with Crippen molar-refractivity contribution in [2.24, 2.45) is 0 Å². The molecule has 0 spiro atoms. The molecular weight excluding hydrogens is 433 g/mol. The molecule has 0 aliphatic carbocycles. The van der Waals surface area contributed by atoms with E-state index in [1.165, 1.54) is 15.8 Å². The first kappa shape index (κ1) is 24.0. The van der Waals surface area contributed by atoms with Crippen molar-refractivity contribution >= 4 is 23.3 Å². The highest BCUT2D eigenvalue weighted by molar-refractivity contribution is 7.10. The van der Waals surface area contributed by atoms with E-state index in [1.54, 1.807) is 41.5 Å². The zero-order valence-corrected chi connectivity index (χ0v) is 19.5. The molecule has 3 rings (SSSR count). The van der Waals surface area contributed by atoms with Gasteiger partial charge in [-0.25, -0.2) is 9.18 Å². The van der Waals surface area contributed by atoms with Crippen LogP contribution in [0, 0.1) is 5.82 Å². The maximum atomic E-state index is 14.1. The van der Waals surface area contributed by atoms with Gasteiger partial charge in [0, 0.05) is 31.1 Å². The highest BCUT2D eigenvalue weighted by Gasteiger charge is 2.33. The molecule has 32 heavy (non-hydrogen) atoms. The zero-order valence-electron chi connectivity index (χ0n) is 18.7. The highest BCUT2D eigenvalue weighted by Crippen LogP contribution is 2.34. The Morgan fingerprint density at radius 1 is 1.31 bits per heavy atom. The minimum Gasteiger partial charge on any atom is -0.488 e. The molecule has 1 aliphatic heterocycles. The van der Waals surface area contributed by atoms with Crippen LogP contribution in [0.5, 0.6) is 5.75 Å².